The molecule has 0 atom stereocenters. The molecule has 1 N–H and O–H groups in total. The van der Waals surface area contributed by atoms with Gasteiger partial charge in [0.15, 0.2) is 0 Å². The summed E-state index contributed by atoms with van der Waals surface area (Å²) in [6.45, 7) is 0.745. The summed E-state index contributed by atoms with van der Waals surface area (Å²) >= 11 is 1.25. The lowest BCUT2D eigenvalue weighted by Gasteiger charge is -2.25. The van der Waals surface area contributed by atoms with Gasteiger partial charge in [0.25, 0.3) is 5.91 Å². The second-order valence-corrected chi connectivity index (χ2v) is 9.98. The molecule has 0 saturated heterocycles. The lowest BCUT2D eigenvalue weighted by molar-refractivity contribution is 0.102. The number of methoxy groups -OCH3 is 1. The third-order valence-electron chi connectivity index (χ3n) is 4.72. The number of benzene rings is 1. The third kappa shape index (κ3) is 4.02. The zero-order chi connectivity index (χ0) is 22.1. The van der Waals surface area contributed by atoms with Crippen LogP contribution in [0.2, 0.25) is 0 Å². The van der Waals surface area contributed by atoms with Gasteiger partial charge in [-0.15, -0.1) is 11.3 Å². The number of anilines is 1. The molecule has 2 amide bonds. The van der Waals surface area contributed by atoms with Gasteiger partial charge in [0, 0.05) is 31.1 Å². The first-order valence-corrected chi connectivity index (χ1v) is 11.2. The van der Waals surface area contributed by atoms with Crippen LogP contribution in [-0.4, -0.2) is 57.4 Å². The van der Waals surface area contributed by atoms with Gasteiger partial charge in [-0.2, -0.15) is 5.26 Å². The Morgan fingerprint density at radius 3 is 2.50 bits per heavy atom. The molecule has 9 nitrogen and oxygen atoms in total. The number of hydrogen-bond acceptors (Lipinski definition) is 7. The minimum Gasteiger partial charge on any atom is -0.453 e. The van der Waals surface area contributed by atoms with Crippen LogP contribution in [0.25, 0.3) is 0 Å². The number of nitriles is 1. The lowest BCUT2D eigenvalue weighted by Crippen LogP contribution is -2.35. The molecule has 30 heavy (non-hydrogen) atoms. The van der Waals surface area contributed by atoms with E-state index < -0.39 is 22.0 Å². The van der Waals surface area contributed by atoms with Crippen molar-refractivity contribution in [3.05, 3.63) is 45.8 Å². The van der Waals surface area contributed by atoms with Gasteiger partial charge in [-0.05, 0) is 36.2 Å². The fourth-order valence-corrected chi connectivity index (χ4v) is 5.17. The highest BCUT2D eigenvalue weighted by atomic mass is 32.2. The largest absolute Gasteiger partial charge is 0.453 e. The standard InChI is InChI=1S/C19H20N4O5S2/c1-22(2)30(26,27)13-6-4-12(5-7-13)17(24)21-18-15(10-20)14-8-9-23(19(25)28-3)11-16(14)29-18/h4-7H,8-9,11H2,1-3H3,(H,21,24). The molecule has 1 aliphatic heterocycles. The average Bonchev–Trinajstić information content (AvgIpc) is 3.08. The van der Waals surface area contributed by atoms with E-state index in [1.165, 1.54) is 61.7 Å². The van der Waals surface area contributed by atoms with Crippen LogP contribution in [0.15, 0.2) is 29.2 Å². The molecule has 0 radical (unpaired) electrons. The van der Waals surface area contributed by atoms with E-state index in [1.807, 2.05) is 0 Å². The summed E-state index contributed by atoms with van der Waals surface area (Å²) in [5.74, 6) is -0.455. The van der Waals surface area contributed by atoms with Crippen molar-refractivity contribution in [2.75, 3.05) is 33.1 Å². The van der Waals surface area contributed by atoms with Crippen molar-refractivity contribution in [1.29, 1.82) is 5.26 Å². The minimum absolute atomic E-state index is 0.0799. The summed E-state index contributed by atoms with van der Waals surface area (Å²) in [5, 5.41) is 12.7. The number of hydrogen-bond donors (Lipinski definition) is 1. The second kappa shape index (κ2) is 8.43. The molecular weight excluding hydrogens is 428 g/mol. The van der Waals surface area contributed by atoms with E-state index in [0.717, 1.165) is 14.7 Å². The Bertz CT molecular complexity index is 1130. The van der Waals surface area contributed by atoms with E-state index in [9.17, 15) is 23.3 Å². The average molecular weight is 449 g/mol. The summed E-state index contributed by atoms with van der Waals surface area (Å²) in [5.41, 5.74) is 1.48. The molecule has 3 rings (SSSR count). The van der Waals surface area contributed by atoms with Gasteiger partial charge in [0.05, 0.1) is 24.1 Å². The maximum Gasteiger partial charge on any atom is 0.409 e. The van der Waals surface area contributed by atoms with Crippen molar-refractivity contribution in [3.63, 3.8) is 0 Å². The molecule has 2 aromatic rings. The first-order chi connectivity index (χ1) is 14.2. The number of fused-ring (bicyclic) bond motifs is 1. The van der Waals surface area contributed by atoms with E-state index in [1.54, 1.807) is 0 Å². The minimum atomic E-state index is -3.59. The Morgan fingerprint density at radius 2 is 1.93 bits per heavy atom. The highest BCUT2D eigenvalue weighted by molar-refractivity contribution is 7.89. The number of nitrogens with one attached hydrogen (secondary N) is 1. The molecule has 0 saturated carbocycles. The maximum atomic E-state index is 12.7. The van der Waals surface area contributed by atoms with Crippen LogP contribution in [0.1, 0.15) is 26.4 Å². The molecule has 0 unspecified atom stereocenters. The monoisotopic (exact) mass is 448 g/mol. The summed E-state index contributed by atoms with van der Waals surface area (Å²) in [6.07, 6.45) is 0.0578. The fraction of sp³-hybridized carbons (Fsp3) is 0.316. The molecule has 1 aromatic heterocycles. The number of nitrogens with zero attached hydrogens (tertiary/aromatic N) is 3. The predicted molar refractivity (Wildman–Crippen MR) is 111 cm³/mol. The van der Waals surface area contributed by atoms with Crippen LogP contribution in [-0.2, 0) is 27.7 Å². The number of rotatable bonds is 4. The Kier molecular flexibility index (Phi) is 6.12. The van der Waals surface area contributed by atoms with Crippen LogP contribution < -0.4 is 5.32 Å². The molecule has 158 valence electrons. The van der Waals surface area contributed by atoms with Gasteiger partial charge in [-0.3, -0.25) is 4.79 Å². The molecule has 0 aliphatic carbocycles. The molecule has 2 heterocycles. The number of carbonyl (C=O) groups excluding carboxylic acids is 2. The highest BCUT2D eigenvalue weighted by Gasteiger charge is 2.28. The number of carbonyl (C=O) groups is 2. The van der Waals surface area contributed by atoms with Gasteiger partial charge in [-0.25, -0.2) is 17.5 Å². The van der Waals surface area contributed by atoms with Crippen LogP contribution in [0.4, 0.5) is 9.80 Å². The number of amides is 2. The first kappa shape index (κ1) is 21.8. The third-order valence-corrected chi connectivity index (χ3v) is 7.69. The Hall–Kier alpha value is -2.94. The number of sulfonamides is 1. The predicted octanol–water partition coefficient (Wildman–Crippen LogP) is 2.25. The molecule has 0 bridgehead atoms. The van der Waals surface area contributed by atoms with Gasteiger partial charge in [0.2, 0.25) is 10.0 Å². The second-order valence-electron chi connectivity index (χ2n) is 6.73. The normalized spacial score (nSPS) is 13.5. The van der Waals surface area contributed by atoms with E-state index in [4.69, 9.17) is 4.74 Å². The van der Waals surface area contributed by atoms with Crippen LogP contribution in [0.3, 0.4) is 0 Å². The molecule has 1 aromatic carbocycles. The molecule has 11 heteroatoms. The van der Waals surface area contributed by atoms with Crippen molar-refractivity contribution in [2.24, 2.45) is 0 Å². The first-order valence-electron chi connectivity index (χ1n) is 8.90. The summed E-state index contributed by atoms with van der Waals surface area (Å²) in [6, 6.07) is 7.71. The van der Waals surface area contributed by atoms with Crippen LogP contribution in [0.5, 0.6) is 0 Å². The van der Waals surface area contributed by atoms with E-state index >= 15 is 0 Å². The van der Waals surface area contributed by atoms with Crippen LogP contribution >= 0.6 is 11.3 Å². The molecule has 1 aliphatic rings. The van der Waals surface area contributed by atoms with E-state index in [0.29, 0.717) is 30.1 Å². The Balaban J connectivity index is 1.82. The van der Waals surface area contributed by atoms with Crippen molar-refractivity contribution < 1.29 is 22.7 Å². The highest BCUT2D eigenvalue weighted by Crippen LogP contribution is 2.37. The van der Waals surface area contributed by atoms with Gasteiger partial charge in [0.1, 0.15) is 11.1 Å². The van der Waals surface area contributed by atoms with E-state index in [2.05, 4.69) is 11.4 Å². The zero-order valence-electron chi connectivity index (χ0n) is 16.6. The SMILES string of the molecule is COC(=O)N1CCc2c(sc(NC(=O)c3ccc(S(=O)(=O)N(C)C)cc3)c2C#N)C1. The molecule has 0 spiro atoms. The fourth-order valence-electron chi connectivity index (χ4n) is 3.06. The number of thiophene rings is 1. The van der Waals surface area contributed by atoms with Crippen LogP contribution in [0, 0.1) is 11.3 Å². The van der Waals surface area contributed by atoms with Gasteiger partial charge in [-0.1, -0.05) is 0 Å². The molecular formula is C19H20N4O5S2. The summed E-state index contributed by atoms with van der Waals surface area (Å²) in [4.78, 5) is 26.9. The Morgan fingerprint density at radius 1 is 1.27 bits per heavy atom. The molecule has 0 fully saturated rings. The van der Waals surface area contributed by atoms with Crippen molar-refractivity contribution in [3.8, 4) is 6.07 Å². The van der Waals surface area contributed by atoms with Gasteiger partial charge >= 0.3 is 6.09 Å². The topological polar surface area (TPSA) is 120 Å². The van der Waals surface area contributed by atoms with E-state index in [-0.39, 0.29) is 10.5 Å². The van der Waals surface area contributed by atoms with Crippen molar-refractivity contribution in [2.45, 2.75) is 17.9 Å². The number of ether oxygens (including phenoxy) is 1. The van der Waals surface area contributed by atoms with Crippen molar-refractivity contribution >= 4 is 38.4 Å². The summed E-state index contributed by atoms with van der Waals surface area (Å²) in [7, 11) is 0.585. The Labute approximate surface area is 178 Å². The van der Waals surface area contributed by atoms with Crippen molar-refractivity contribution in [1.82, 2.24) is 9.21 Å². The zero-order valence-corrected chi connectivity index (χ0v) is 18.3. The summed E-state index contributed by atoms with van der Waals surface area (Å²) < 4.78 is 30.1. The quantitative estimate of drug-likeness (QED) is 0.766. The smallest absolute Gasteiger partial charge is 0.409 e. The lowest BCUT2D eigenvalue weighted by atomic mass is 10.0. The maximum absolute atomic E-state index is 12.7. The van der Waals surface area contributed by atoms with Gasteiger partial charge < -0.3 is 15.0 Å².